The molecule has 1 aromatic rings. The van der Waals surface area contributed by atoms with Gasteiger partial charge in [-0.25, -0.2) is 4.98 Å². The van der Waals surface area contributed by atoms with Gasteiger partial charge in [-0.15, -0.1) is 0 Å². The van der Waals surface area contributed by atoms with Gasteiger partial charge in [0.15, 0.2) is 0 Å². The van der Waals surface area contributed by atoms with Crippen LogP contribution in [0.5, 0.6) is 0 Å². The highest BCUT2D eigenvalue weighted by molar-refractivity contribution is 6.29. The van der Waals surface area contributed by atoms with E-state index in [0.29, 0.717) is 5.15 Å². The summed E-state index contributed by atoms with van der Waals surface area (Å²) < 4.78 is 0. The third-order valence-corrected chi connectivity index (χ3v) is 2.80. The zero-order chi connectivity index (χ0) is 13.8. The Morgan fingerprint density at radius 2 is 1.74 bits per heavy atom. The van der Waals surface area contributed by atoms with Gasteiger partial charge in [-0.1, -0.05) is 17.7 Å². The molecule has 0 saturated heterocycles. The van der Waals surface area contributed by atoms with E-state index < -0.39 is 0 Å². The van der Waals surface area contributed by atoms with Crippen LogP contribution in [0.4, 0.5) is 5.82 Å². The molecule has 108 valence electrons. The summed E-state index contributed by atoms with van der Waals surface area (Å²) in [5.41, 5.74) is 5.41. The summed E-state index contributed by atoms with van der Waals surface area (Å²) in [4.78, 5) is 4.16. The molecule has 0 aromatic carbocycles. The van der Waals surface area contributed by atoms with Crippen LogP contribution in [0, 0.1) is 0 Å². The van der Waals surface area contributed by atoms with E-state index in [9.17, 15) is 0 Å². The van der Waals surface area contributed by atoms with Gasteiger partial charge < -0.3 is 21.7 Å². The lowest BCUT2D eigenvalue weighted by Crippen LogP contribution is -2.29. The van der Waals surface area contributed by atoms with Gasteiger partial charge in [0.25, 0.3) is 0 Å². The Kier molecular flexibility index (Phi) is 9.36. The summed E-state index contributed by atoms with van der Waals surface area (Å²) >= 11 is 5.80. The van der Waals surface area contributed by atoms with Gasteiger partial charge in [-0.2, -0.15) is 0 Å². The van der Waals surface area contributed by atoms with Crippen LogP contribution < -0.4 is 21.7 Å². The Bertz CT molecular complexity index is 335. The summed E-state index contributed by atoms with van der Waals surface area (Å²) in [6.07, 6.45) is 2.09. The molecule has 0 aliphatic heterocycles. The first-order chi connectivity index (χ1) is 9.33. The van der Waals surface area contributed by atoms with Crippen molar-refractivity contribution in [3.8, 4) is 0 Å². The fourth-order valence-electron chi connectivity index (χ4n) is 1.59. The first kappa shape index (κ1) is 16.2. The molecular formula is C13H24ClN5. The van der Waals surface area contributed by atoms with E-state index in [1.807, 2.05) is 12.1 Å². The minimum atomic E-state index is 0.520. The molecule has 5 N–H and O–H groups in total. The Hall–Kier alpha value is -0.880. The third-order valence-electron chi connectivity index (χ3n) is 2.59. The maximum absolute atomic E-state index is 5.80. The van der Waals surface area contributed by atoms with E-state index in [4.69, 9.17) is 17.3 Å². The van der Waals surface area contributed by atoms with Crippen LogP contribution in [-0.2, 0) is 0 Å². The third kappa shape index (κ3) is 8.77. The van der Waals surface area contributed by atoms with Gasteiger partial charge in [0.1, 0.15) is 11.0 Å². The lowest BCUT2D eigenvalue weighted by atomic mass is 10.4. The number of hydrogen-bond donors (Lipinski definition) is 4. The van der Waals surface area contributed by atoms with Crippen LogP contribution in [-0.4, -0.2) is 44.3 Å². The Labute approximate surface area is 120 Å². The first-order valence-corrected chi connectivity index (χ1v) is 7.18. The SMILES string of the molecule is NCCCNCCNCCCNc1cccc(Cl)n1. The molecule has 19 heavy (non-hydrogen) atoms. The number of nitrogens with zero attached hydrogens (tertiary/aromatic N) is 1. The fraction of sp³-hybridized carbons (Fsp3) is 0.615. The minimum absolute atomic E-state index is 0.520. The van der Waals surface area contributed by atoms with Crippen molar-refractivity contribution in [3.05, 3.63) is 23.4 Å². The maximum Gasteiger partial charge on any atom is 0.131 e. The van der Waals surface area contributed by atoms with E-state index in [0.717, 1.165) is 57.9 Å². The maximum atomic E-state index is 5.80. The van der Waals surface area contributed by atoms with E-state index >= 15 is 0 Å². The summed E-state index contributed by atoms with van der Waals surface area (Å²) in [5, 5.41) is 10.5. The largest absolute Gasteiger partial charge is 0.370 e. The highest BCUT2D eigenvalue weighted by Crippen LogP contribution is 2.08. The summed E-state index contributed by atoms with van der Waals surface area (Å²) in [7, 11) is 0. The number of rotatable bonds is 11. The number of anilines is 1. The molecule has 6 heteroatoms. The van der Waals surface area contributed by atoms with Gasteiger partial charge in [-0.3, -0.25) is 0 Å². The van der Waals surface area contributed by atoms with Gasteiger partial charge in [0, 0.05) is 19.6 Å². The smallest absolute Gasteiger partial charge is 0.131 e. The predicted molar refractivity (Wildman–Crippen MR) is 81.8 cm³/mol. The van der Waals surface area contributed by atoms with E-state index in [-0.39, 0.29) is 0 Å². The van der Waals surface area contributed by atoms with E-state index in [2.05, 4.69) is 20.9 Å². The zero-order valence-electron chi connectivity index (χ0n) is 11.3. The van der Waals surface area contributed by atoms with Crippen LogP contribution in [0.25, 0.3) is 0 Å². The standard InChI is InChI=1S/C13H24ClN5/c14-12-4-1-5-13(19-12)18-9-3-8-17-11-10-16-7-2-6-15/h1,4-5,16-17H,2-3,6-11,15H2,(H,18,19). The molecule has 0 amide bonds. The number of nitrogens with one attached hydrogen (secondary N) is 3. The van der Waals surface area contributed by atoms with Gasteiger partial charge in [-0.05, 0) is 44.6 Å². The molecule has 5 nitrogen and oxygen atoms in total. The van der Waals surface area contributed by atoms with Crippen molar-refractivity contribution in [2.45, 2.75) is 12.8 Å². The normalized spacial score (nSPS) is 10.6. The van der Waals surface area contributed by atoms with Crippen LogP contribution in [0.3, 0.4) is 0 Å². The lowest BCUT2D eigenvalue weighted by Gasteiger charge is -2.07. The molecule has 0 atom stereocenters. The molecule has 0 saturated carbocycles. The van der Waals surface area contributed by atoms with Gasteiger partial charge in [0.2, 0.25) is 0 Å². The van der Waals surface area contributed by atoms with Crippen molar-refractivity contribution in [2.24, 2.45) is 5.73 Å². The van der Waals surface area contributed by atoms with Crippen LogP contribution >= 0.6 is 11.6 Å². The van der Waals surface area contributed by atoms with E-state index in [1.54, 1.807) is 6.07 Å². The number of nitrogens with two attached hydrogens (primary N) is 1. The molecule has 0 aliphatic carbocycles. The highest BCUT2D eigenvalue weighted by Gasteiger charge is 1.94. The van der Waals surface area contributed by atoms with Gasteiger partial charge in [0.05, 0.1) is 0 Å². The summed E-state index contributed by atoms with van der Waals surface area (Å²) in [6.45, 7) is 5.61. The van der Waals surface area contributed by atoms with Crippen LogP contribution in [0.2, 0.25) is 5.15 Å². The molecule has 0 spiro atoms. The van der Waals surface area contributed by atoms with Gasteiger partial charge >= 0.3 is 0 Å². The summed E-state index contributed by atoms with van der Waals surface area (Å²) in [6, 6.07) is 5.58. The molecule has 0 aliphatic rings. The second kappa shape index (κ2) is 11.0. The van der Waals surface area contributed by atoms with Crippen molar-refractivity contribution in [1.82, 2.24) is 15.6 Å². The Morgan fingerprint density at radius 3 is 2.42 bits per heavy atom. The number of pyridine rings is 1. The number of aromatic nitrogens is 1. The molecular weight excluding hydrogens is 262 g/mol. The lowest BCUT2D eigenvalue weighted by molar-refractivity contribution is 0.592. The molecule has 0 unspecified atom stereocenters. The van der Waals surface area contributed by atoms with Crippen molar-refractivity contribution in [3.63, 3.8) is 0 Å². The first-order valence-electron chi connectivity index (χ1n) is 6.81. The molecule has 0 radical (unpaired) electrons. The van der Waals surface area contributed by atoms with Crippen molar-refractivity contribution < 1.29 is 0 Å². The highest BCUT2D eigenvalue weighted by atomic mass is 35.5. The second-order valence-corrected chi connectivity index (χ2v) is 4.66. The zero-order valence-corrected chi connectivity index (χ0v) is 12.0. The molecule has 1 rings (SSSR count). The van der Waals surface area contributed by atoms with Crippen molar-refractivity contribution in [1.29, 1.82) is 0 Å². The molecule has 1 heterocycles. The Morgan fingerprint density at radius 1 is 1.00 bits per heavy atom. The van der Waals surface area contributed by atoms with Crippen LogP contribution in [0.15, 0.2) is 18.2 Å². The Balaban J connectivity index is 1.89. The average molecular weight is 286 g/mol. The fourth-order valence-corrected chi connectivity index (χ4v) is 1.75. The topological polar surface area (TPSA) is 75.0 Å². The van der Waals surface area contributed by atoms with Crippen LogP contribution in [0.1, 0.15) is 12.8 Å². The van der Waals surface area contributed by atoms with Crippen molar-refractivity contribution in [2.75, 3.05) is 44.6 Å². The quantitative estimate of drug-likeness (QED) is 0.361. The monoisotopic (exact) mass is 285 g/mol. The van der Waals surface area contributed by atoms with Crippen molar-refractivity contribution >= 4 is 17.4 Å². The second-order valence-electron chi connectivity index (χ2n) is 4.27. The summed E-state index contributed by atoms with van der Waals surface area (Å²) in [5.74, 6) is 0.830. The van der Waals surface area contributed by atoms with E-state index in [1.165, 1.54) is 0 Å². The predicted octanol–water partition coefficient (Wildman–Crippen LogP) is 1.06. The minimum Gasteiger partial charge on any atom is -0.370 e. The average Bonchev–Trinajstić information content (AvgIpc) is 2.41. The number of halogens is 1. The number of hydrogen-bond acceptors (Lipinski definition) is 5. The molecule has 0 bridgehead atoms. The molecule has 0 fully saturated rings. The molecule has 1 aromatic heterocycles.